The van der Waals surface area contributed by atoms with Crippen LogP contribution < -0.4 is 0 Å². The zero-order valence-electron chi connectivity index (χ0n) is 17.3. The van der Waals surface area contributed by atoms with Crippen molar-refractivity contribution in [2.45, 2.75) is 37.0 Å². The molecule has 31 heavy (non-hydrogen) atoms. The van der Waals surface area contributed by atoms with Crippen LogP contribution >= 0.6 is 0 Å². The van der Waals surface area contributed by atoms with Gasteiger partial charge in [0.15, 0.2) is 0 Å². The molecule has 7 heteroatoms. The zero-order valence-corrected chi connectivity index (χ0v) is 18.1. The van der Waals surface area contributed by atoms with Crippen molar-refractivity contribution in [3.8, 4) is 0 Å². The van der Waals surface area contributed by atoms with E-state index in [9.17, 15) is 13.2 Å². The Hall–Kier alpha value is -2.74. The molecule has 1 fully saturated rings. The average molecular weight is 440 g/mol. The summed E-state index contributed by atoms with van der Waals surface area (Å²) >= 11 is 0. The van der Waals surface area contributed by atoms with Gasteiger partial charge in [0, 0.05) is 13.3 Å². The molecule has 4 rings (SSSR count). The van der Waals surface area contributed by atoms with Crippen LogP contribution in [0.25, 0.3) is 10.8 Å². The van der Waals surface area contributed by atoms with E-state index in [0.29, 0.717) is 13.0 Å². The van der Waals surface area contributed by atoms with Gasteiger partial charge in [-0.3, -0.25) is 4.79 Å². The van der Waals surface area contributed by atoms with Gasteiger partial charge in [0.1, 0.15) is 6.10 Å². The third kappa shape index (κ3) is 4.95. The number of esters is 1. The fraction of sp³-hybridized carbons (Fsp3) is 0.292. The summed E-state index contributed by atoms with van der Waals surface area (Å²) in [5.74, 6) is -0.418. The molecule has 2 atom stereocenters. The number of nitrogens with zero attached hydrogens (tertiary/aromatic N) is 1. The van der Waals surface area contributed by atoms with Gasteiger partial charge in [-0.25, -0.2) is 8.42 Å². The zero-order chi connectivity index (χ0) is 21.8. The standard InChI is InChI=1S/C24H25NO5S/c1-18(26)30-23-14-22(17-29-16-19-7-3-2-4-8-19)25(15-23)31(27,28)24-12-11-20-9-5-6-10-21(20)13-24/h2-13,22-23H,14-17H2,1H3. The monoisotopic (exact) mass is 439 g/mol. The molecule has 0 aliphatic carbocycles. The van der Waals surface area contributed by atoms with Crippen molar-refractivity contribution < 1.29 is 22.7 Å². The first-order valence-electron chi connectivity index (χ1n) is 10.2. The van der Waals surface area contributed by atoms with E-state index in [1.165, 1.54) is 11.2 Å². The topological polar surface area (TPSA) is 72.9 Å². The van der Waals surface area contributed by atoms with E-state index < -0.39 is 28.1 Å². The molecule has 0 N–H and O–H groups in total. The lowest BCUT2D eigenvalue weighted by atomic mass is 10.1. The molecule has 0 spiro atoms. The molecule has 1 aliphatic heterocycles. The molecular formula is C24H25NO5S. The number of ether oxygens (including phenoxy) is 2. The van der Waals surface area contributed by atoms with Crippen molar-refractivity contribution in [3.05, 3.63) is 78.4 Å². The molecule has 0 bridgehead atoms. The van der Waals surface area contributed by atoms with E-state index in [2.05, 4.69) is 0 Å². The quantitative estimate of drug-likeness (QED) is 0.524. The van der Waals surface area contributed by atoms with Crippen LogP contribution in [-0.4, -0.2) is 44.0 Å². The summed E-state index contributed by atoms with van der Waals surface area (Å²) in [4.78, 5) is 11.7. The van der Waals surface area contributed by atoms with Crippen molar-refractivity contribution in [1.82, 2.24) is 4.31 Å². The second kappa shape index (κ2) is 9.18. The molecule has 1 heterocycles. The van der Waals surface area contributed by atoms with Gasteiger partial charge in [0.25, 0.3) is 0 Å². The van der Waals surface area contributed by atoms with E-state index in [1.807, 2.05) is 60.7 Å². The highest BCUT2D eigenvalue weighted by atomic mass is 32.2. The van der Waals surface area contributed by atoms with Crippen LogP contribution in [0.2, 0.25) is 0 Å². The number of sulfonamides is 1. The first-order chi connectivity index (χ1) is 14.9. The number of fused-ring (bicyclic) bond motifs is 1. The van der Waals surface area contributed by atoms with Crippen LogP contribution in [0.15, 0.2) is 77.7 Å². The second-order valence-electron chi connectivity index (χ2n) is 7.71. The lowest BCUT2D eigenvalue weighted by Gasteiger charge is -2.24. The van der Waals surface area contributed by atoms with E-state index in [0.717, 1.165) is 16.3 Å². The van der Waals surface area contributed by atoms with Gasteiger partial charge in [-0.05, 0) is 28.5 Å². The molecule has 3 aromatic carbocycles. The highest BCUT2D eigenvalue weighted by Gasteiger charge is 2.41. The predicted octanol–water partition coefficient (Wildman–Crippen LogP) is 3.75. The molecule has 1 saturated heterocycles. The molecule has 0 amide bonds. The molecule has 1 aliphatic rings. The van der Waals surface area contributed by atoms with Crippen molar-refractivity contribution >= 4 is 26.8 Å². The summed E-state index contributed by atoms with van der Waals surface area (Å²) < 4.78 is 39.6. The molecule has 0 saturated carbocycles. The summed E-state index contributed by atoms with van der Waals surface area (Å²) in [5, 5.41) is 1.83. The van der Waals surface area contributed by atoms with E-state index in [-0.39, 0.29) is 18.0 Å². The van der Waals surface area contributed by atoms with Gasteiger partial charge in [0.05, 0.1) is 30.7 Å². The Morgan fingerprint density at radius 1 is 1.00 bits per heavy atom. The number of carbonyl (C=O) groups is 1. The lowest BCUT2D eigenvalue weighted by molar-refractivity contribution is -0.145. The van der Waals surface area contributed by atoms with Crippen molar-refractivity contribution in [2.24, 2.45) is 0 Å². The Labute approximate surface area is 182 Å². The minimum Gasteiger partial charge on any atom is -0.461 e. The van der Waals surface area contributed by atoms with E-state index >= 15 is 0 Å². The normalized spacial score (nSPS) is 19.5. The number of rotatable bonds is 7. The Kier molecular flexibility index (Phi) is 6.36. The minimum atomic E-state index is -3.78. The van der Waals surface area contributed by atoms with Gasteiger partial charge >= 0.3 is 5.97 Å². The summed E-state index contributed by atoms with van der Waals surface area (Å²) in [6.07, 6.45) is -0.0840. The second-order valence-corrected chi connectivity index (χ2v) is 9.60. The maximum Gasteiger partial charge on any atom is 0.302 e. The van der Waals surface area contributed by atoms with Gasteiger partial charge < -0.3 is 9.47 Å². The van der Waals surface area contributed by atoms with Gasteiger partial charge in [-0.1, -0.05) is 60.7 Å². The van der Waals surface area contributed by atoms with Gasteiger partial charge in [0.2, 0.25) is 10.0 Å². The highest BCUT2D eigenvalue weighted by Crippen LogP contribution is 2.30. The first-order valence-corrected chi connectivity index (χ1v) is 11.7. The third-order valence-electron chi connectivity index (χ3n) is 5.41. The average Bonchev–Trinajstić information content (AvgIpc) is 3.16. The van der Waals surface area contributed by atoms with Gasteiger partial charge in [-0.2, -0.15) is 4.31 Å². The van der Waals surface area contributed by atoms with Crippen molar-refractivity contribution in [1.29, 1.82) is 0 Å². The number of benzene rings is 3. The molecule has 3 aromatic rings. The maximum atomic E-state index is 13.5. The van der Waals surface area contributed by atoms with Crippen molar-refractivity contribution in [3.63, 3.8) is 0 Å². The van der Waals surface area contributed by atoms with Crippen LogP contribution in [0.4, 0.5) is 0 Å². The molecule has 0 aromatic heterocycles. The minimum absolute atomic E-state index is 0.119. The fourth-order valence-electron chi connectivity index (χ4n) is 3.96. The van der Waals surface area contributed by atoms with Crippen LogP contribution in [0.5, 0.6) is 0 Å². The number of carbonyl (C=O) groups excluding carboxylic acids is 1. The van der Waals surface area contributed by atoms with Gasteiger partial charge in [-0.15, -0.1) is 0 Å². The molecule has 162 valence electrons. The fourth-order valence-corrected chi connectivity index (χ4v) is 5.65. The Balaban J connectivity index is 1.55. The summed E-state index contributed by atoms with van der Waals surface area (Å²) in [6.45, 7) is 2.06. The van der Waals surface area contributed by atoms with Crippen LogP contribution in [-0.2, 0) is 30.9 Å². The van der Waals surface area contributed by atoms with E-state index in [1.54, 1.807) is 12.1 Å². The molecule has 0 radical (unpaired) electrons. The van der Waals surface area contributed by atoms with Crippen LogP contribution in [0.1, 0.15) is 18.9 Å². The third-order valence-corrected chi connectivity index (χ3v) is 7.32. The maximum absolute atomic E-state index is 13.5. The summed E-state index contributed by atoms with van der Waals surface area (Å²) in [7, 11) is -3.78. The first kappa shape index (κ1) is 21.5. The number of hydrogen-bond acceptors (Lipinski definition) is 5. The molecule has 2 unspecified atom stereocenters. The molecule has 6 nitrogen and oxygen atoms in total. The summed E-state index contributed by atoms with van der Waals surface area (Å²) in [5.41, 5.74) is 1.01. The highest BCUT2D eigenvalue weighted by molar-refractivity contribution is 7.89. The number of hydrogen-bond donors (Lipinski definition) is 0. The van der Waals surface area contributed by atoms with Crippen LogP contribution in [0, 0.1) is 0 Å². The molecular weight excluding hydrogens is 414 g/mol. The Morgan fingerprint density at radius 3 is 2.45 bits per heavy atom. The Bertz CT molecular complexity index is 1160. The van der Waals surface area contributed by atoms with Crippen molar-refractivity contribution in [2.75, 3.05) is 13.2 Å². The van der Waals surface area contributed by atoms with E-state index in [4.69, 9.17) is 9.47 Å². The Morgan fingerprint density at radius 2 is 1.71 bits per heavy atom. The SMILES string of the molecule is CC(=O)OC1CC(COCc2ccccc2)N(S(=O)(=O)c2ccc3ccccc3c2)C1. The lowest BCUT2D eigenvalue weighted by Crippen LogP contribution is -2.38. The smallest absolute Gasteiger partial charge is 0.302 e. The largest absolute Gasteiger partial charge is 0.461 e. The van der Waals surface area contributed by atoms with Crippen LogP contribution in [0.3, 0.4) is 0 Å². The predicted molar refractivity (Wildman–Crippen MR) is 118 cm³/mol. The summed E-state index contributed by atoms with van der Waals surface area (Å²) in [6, 6.07) is 22.0.